The van der Waals surface area contributed by atoms with Crippen LogP contribution in [0.4, 0.5) is 24.5 Å². The molecule has 11 nitrogen and oxygen atoms in total. The van der Waals surface area contributed by atoms with Crippen LogP contribution in [0, 0.1) is 5.92 Å². The molecule has 3 unspecified atom stereocenters. The highest BCUT2D eigenvalue weighted by Gasteiger charge is 2.56. The lowest BCUT2D eigenvalue weighted by molar-refractivity contribution is -0.137. The number of H-pyrrole nitrogens is 1. The predicted molar refractivity (Wildman–Crippen MR) is 173 cm³/mol. The zero-order valence-electron chi connectivity index (χ0n) is 25.7. The topological polar surface area (TPSA) is 144 Å². The number of methoxy groups -OCH3 is 1. The number of anilines is 2. The van der Waals surface area contributed by atoms with E-state index in [0.29, 0.717) is 26.7 Å². The number of fused-ring (bicyclic) bond motifs is 2. The number of amides is 3. The summed E-state index contributed by atoms with van der Waals surface area (Å²) >= 11 is 1.87. The third kappa shape index (κ3) is 6.65. The van der Waals surface area contributed by atoms with Crippen molar-refractivity contribution < 1.29 is 46.6 Å². The van der Waals surface area contributed by atoms with Crippen LogP contribution >= 0.6 is 23.1 Å². The average molecular weight is 714 g/mol. The molecule has 2 aliphatic rings. The van der Waals surface area contributed by atoms with Gasteiger partial charge >= 0.3 is 17.0 Å². The number of alkyl halides is 3. The minimum atomic E-state index is -4.69. The summed E-state index contributed by atoms with van der Waals surface area (Å²) in [6.07, 6.45) is -4.69. The van der Waals surface area contributed by atoms with E-state index in [-0.39, 0.29) is 23.8 Å². The molecular formula is C33H26F3N3O8S2. The number of carbonyl (C=O) groups excluding carboxylic acids is 4. The molecule has 3 atom stereocenters. The zero-order valence-corrected chi connectivity index (χ0v) is 27.3. The number of esters is 1. The van der Waals surface area contributed by atoms with Gasteiger partial charge in [0.25, 0.3) is 5.91 Å². The first-order valence-electron chi connectivity index (χ1n) is 14.7. The maximum atomic E-state index is 13.9. The van der Waals surface area contributed by atoms with Crippen LogP contribution in [-0.2, 0) is 25.3 Å². The fourth-order valence-corrected chi connectivity index (χ4v) is 8.21. The van der Waals surface area contributed by atoms with Crippen LogP contribution in [0.5, 0.6) is 11.5 Å². The molecule has 49 heavy (non-hydrogen) atoms. The van der Waals surface area contributed by atoms with Gasteiger partial charge in [0.2, 0.25) is 11.8 Å². The fourth-order valence-electron chi connectivity index (χ4n) is 5.69. The van der Waals surface area contributed by atoms with Crippen LogP contribution in [0.1, 0.15) is 39.2 Å². The van der Waals surface area contributed by atoms with Crippen molar-refractivity contribution >= 4 is 58.2 Å². The first kappa shape index (κ1) is 33.8. The molecule has 3 aromatic carbocycles. The Hall–Kier alpha value is -5.09. The lowest BCUT2D eigenvalue weighted by atomic mass is 9.83. The number of imide groups is 1. The van der Waals surface area contributed by atoms with Gasteiger partial charge in [0, 0.05) is 16.5 Å². The molecule has 3 heterocycles. The van der Waals surface area contributed by atoms with Gasteiger partial charge in [0.1, 0.15) is 5.25 Å². The van der Waals surface area contributed by atoms with Crippen molar-refractivity contribution in [3.63, 3.8) is 0 Å². The van der Waals surface area contributed by atoms with E-state index in [1.165, 1.54) is 31.4 Å². The van der Waals surface area contributed by atoms with E-state index in [1.54, 1.807) is 31.2 Å². The molecule has 4 aromatic rings. The van der Waals surface area contributed by atoms with Crippen molar-refractivity contribution in [3.8, 4) is 11.5 Å². The molecule has 0 aliphatic carbocycles. The summed E-state index contributed by atoms with van der Waals surface area (Å²) in [7, 11) is 1.37. The molecule has 254 valence electrons. The summed E-state index contributed by atoms with van der Waals surface area (Å²) < 4.78 is 56.6. The highest BCUT2D eigenvalue weighted by Crippen LogP contribution is 2.54. The van der Waals surface area contributed by atoms with Crippen LogP contribution in [0.15, 0.2) is 76.6 Å². The molecule has 1 fully saturated rings. The van der Waals surface area contributed by atoms with Crippen molar-refractivity contribution in [3.05, 3.63) is 98.0 Å². The molecule has 0 saturated carbocycles. The zero-order chi connectivity index (χ0) is 35.0. The Morgan fingerprint density at radius 3 is 2.43 bits per heavy atom. The lowest BCUT2D eigenvalue weighted by Gasteiger charge is -2.30. The van der Waals surface area contributed by atoms with Gasteiger partial charge in [-0.2, -0.15) is 13.2 Å². The summed E-state index contributed by atoms with van der Waals surface area (Å²) in [6, 6.07) is 14.8. The smallest absolute Gasteiger partial charge is 0.416 e. The Morgan fingerprint density at radius 2 is 1.73 bits per heavy atom. The minimum Gasteiger partial charge on any atom is -0.493 e. The van der Waals surface area contributed by atoms with Gasteiger partial charge < -0.3 is 24.5 Å². The third-order valence-electron chi connectivity index (χ3n) is 7.84. The molecule has 1 saturated heterocycles. The second-order valence-corrected chi connectivity index (χ2v) is 13.0. The number of aromatic nitrogens is 1. The highest BCUT2D eigenvalue weighted by molar-refractivity contribution is 8.00. The van der Waals surface area contributed by atoms with Gasteiger partial charge in [-0.05, 0) is 67.1 Å². The number of nitrogens with zero attached hydrogens (tertiary/aromatic N) is 1. The standard InChI is InChI=1S/C33H26F3N3O8S2/c1-3-46-31(43)16-7-10-19(11-8-16)37-23(40)15-47-21-12-9-17(13-22(21)45-2)24-25-27(48-28-26(24)49-32(44)38-28)30(42)39(29(25)41)20-6-4-5-18(14-20)33(34,35)36/h4-14,24-25,27H,3,15H2,1-2H3,(H,37,40)(H,38,44). The second-order valence-electron chi connectivity index (χ2n) is 10.9. The maximum absolute atomic E-state index is 13.9. The van der Waals surface area contributed by atoms with Crippen molar-refractivity contribution in [1.29, 1.82) is 0 Å². The molecule has 16 heteroatoms. The van der Waals surface area contributed by atoms with Crippen LogP contribution in [-0.4, -0.2) is 54.2 Å². The van der Waals surface area contributed by atoms with Gasteiger partial charge in [-0.25, -0.2) is 9.69 Å². The quantitative estimate of drug-likeness (QED) is 0.171. The number of halogens is 3. The predicted octanol–water partition coefficient (Wildman–Crippen LogP) is 5.45. The summed E-state index contributed by atoms with van der Waals surface area (Å²) in [5, 5.41) is 2.02. The third-order valence-corrected chi connectivity index (χ3v) is 10.2. The molecule has 0 bridgehead atoms. The number of rotatable bonds is 9. The maximum Gasteiger partial charge on any atom is 0.416 e. The second kappa shape index (κ2) is 13.4. The lowest BCUT2D eigenvalue weighted by Crippen LogP contribution is -2.32. The number of hydrogen-bond donors (Lipinski definition) is 2. The number of benzene rings is 3. The number of thiazole rings is 1. The molecule has 0 radical (unpaired) electrons. The van der Waals surface area contributed by atoms with Gasteiger partial charge in [0.05, 0.1) is 41.5 Å². The number of nitrogens with one attached hydrogen (secondary N) is 2. The van der Waals surface area contributed by atoms with Crippen molar-refractivity contribution in [1.82, 2.24) is 4.98 Å². The Morgan fingerprint density at radius 1 is 0.980 bits per heavy atom. The summed E-state index contributed by atoms with van der Waals surface area (Å²) in [6.45, 7) is 1.51. The van der Waals surface area contributed by atoms with E-state index in [1.807, 2.05) is 0 Å². The molecule has 2 N–H and O–H groups in total. The average Bonchev–Trinajstić information content (AvgIpc) is 3.57. The largest absolute Gasteiger partial charge is 0.493 e. The van der Waals surface area contributed by atoms with Crippen molar-refractivity contribution in [2.45, 2.75) is 29.3 Å². The van der Waals surface area contributed by atoms with E-state index >= 15 is 0 Å². The molecule has 0 spiro atoms. The van der Waals surface area contributed by atoms with Crippen LogP contribution in [0.2, 0.25) is 0 Å². The number of hydrogen-bond acceptors (Lipinski definition) is 10. The van der Waals surface area contributed by atoms with E-state index in [4.69, 9.17) is 14.2 Å². The van der Waals surface area contributed by atoms with Gasteiger partial charge in [-0.1, -0.05) is 35.2 Å². The van der Waals surface area contributed by atoms with Crippen LogP contribution in [0.25, 0.3) is 0 Å². The number of carbonyl (C=O) groups is 4. The fraction of sp³-hybridized carbons (Fsp3) is 0.242. The first-order chi connectivity index (χ1) is 23.4. The molecule has 2 aliphatic heterocycles. The Labute approximate surface area is 284 Å². The number of thioether (sulfide) groups is 1. The van der Waals surface area contributed by atoms with Gasteiger partial charge in [-0.3, -0.25) is 19.2 Å². The Kier molecular flexibility index (Phi) is 9.26. The van der Waals surface area contributed by atoms with Crippen molar-refractivity contribution in [2.75, 3.05) is 30.5 Å². The van der Waals surface area contributed by atoms with Gasteiger partial charge in [-0.15, -0.1) is 0 Å². The summed E-state index contributed by atoms with van der Waals surface area (Å²) in [4.78, 5) is 68.1. The first-order valence-corrected chi connectivity index (χ1v) is 16.4. The SMILES string of the molecule is CCOC(=O)c1ccc(NC(=O)COc2ccc(C3c4sc(=O)[nH]c4SC4C(=O)N(c5cccc(C(F)(F)F)c5)C(=O)C43)cc2OC)cc1. The van der Waals surface area contributed by atoms with E-state index in [9.17, 15) is 37.1 Å². The van der Waals surface area contributed by atoms with Crippen LogP contribution in [0.3, 0.4) is 0 Å². The normalized spacial score (nSPS) is 18.5. The monoisotopic (exact) mass is 713 g/mol. The van der Waals surface area contributed by atoms with E-state index in [2.05, 4.69) is 10.3 Å². The Balaban J connectivity index is 1.24. The van der Waals surface area contributed by atoms with Gasteiger partial charge in [0.15, 0.2) is 18.1 Å². The molecule has 3 amide bonds. The molecular weight excluding hydrogens is 688 g/mol. The summed E-state index contributed by atoms with van der Waals surface area (Å²) in [5.41, 5.74) is 0.0213. The van der Waals surface area contributed by atoms with E-state index in [0.717, 1.165) is 46.2 Å². The van der Waals surface area contributed by atoms with E-state index < -0.39 is 64.0 Å². The van der Waals surface area contributed by atoms with Crippen molar-refractivity contribution in [2.24, 2.45) is 5.92 Å². The number of ether oxygens (including phenoxy) is 3. The summed E-state index contributed by atoms with van der Waals surface area (Å²) in [5.74, 6) is -3.91. The highest BCUT2D eigenvalue weighted by atomic mass is 32.2. The number of aromatic amines is 1. The minimum absolute atomic E-state index is 0.183. The molecule has 6 rings (SSSR count). The van der Waals surface area contributed by atoms with Crippen LogP contribution < -0.4 is 24.6 Å². The Bertz CT molecular complexity index is 2010. The molecule has 1 aromatic heterocycles.